The zero-order valence-electron chi connectivity index (χ0n) is 7.57. The SMILES string of the molecule is CSc1ccc(C(F)(F)F)c(Cl)c1C. The number of hydrogen-bond donors (Lipinski definition) is 0. The minimum atomic E-state index is -4.38. The van der Waals surface area contributed by atoms with E-state index in [-0.39, 0.29) is 5.02 Å². The molecule has 0 saturated heterocycles. The molecule has 0 nitrogen and oxygen atoms in total. The van der Waals surface area contributed by atoms with Gasteiger partial charge in [0.15, 0.2) is 0 Å². The largest absolute Gasteiger partial charge is 0.417 e. The highest BCUT2D eigenvalue weighted by Gasteiger charge is 2.33. The Morgan fingerprint density at radius 1 is 1.29 bits per heavy atom. The number of hydrogen-bond acceptors (Lipinski definition) is 1. The topological polar surface area (TPSA) is 0 Å². The van der Waals surface area contributed by atoms with Gasteiger partial charge in [0.1, 0.15) is 0 Å². The Morgan fingerprint density at radius 3 is 2.29 bits per heavy atom. The van der Waals surface area contributed by atoms with E-state index in [0.29, 0.717) is 5.56 Å². The Labute approximate surface area is 89.4 Å². The van der Waals surface area contributed by atoms with Crippen LogP contribution in [0.15, 0.2) is 17.0 Å². The van der Waals surface area contributed by atoms with Crippen LogP contribution in [0.2, 0.25) is 5.02 Å². The molecule has 0 N–H and O–H groups in total. The van der Waals surface area contributed by atoms with Crippen LogP contribution < -0.4 is 0 Å². The van der Waals surface area contributed by atoms with E-state index in [4.69, 9.17) is 11.6 Å². The van der Waals surface area contributed by atoms with Gasteiger partial charge in [0.25, 0.3) is 0 Å². The van der Waals surface area contributed by atoms with E-state index in [1.54, 1.807) is 13.2 Å². The third-order valence-electron chi connectivity index (χ3n) is 1.86. The zero-order chi connectivity index (χ0) is 10.9. The molecular weight excluding hydrogens is 233 g/mol. The number of alkyl halides is 3. The van der Waals surface area contributed by atoms with E-state index in [0.717, 1.165) is 11.0 Å². The van der Waals surface area contributed by atoms with Crippen molar-refractivity contribution in [3.63, 3.8) is 0 Å². The van der Waals surface area contributed by atoms with Crippen LogP contribution in [0.3, 0.4) is 0 Å². The second-order valence-corrected chi connectivity index (χ2v) is 3.98. The molecule has 0 atom stereocenters. The summed E-state index contributed by atoms with van der Waals surface area (Å²) < 4.78 is 37.1. The van der Waals surface area contributed by atoms with Crippen molar-refractivity contribution in [2.75, 3.05) is 6.26 Å². The first-order chi connectivity index (χ1) is 6.38. The molecule has 0 radical (unpaired) electrons. The molecule has 0 aliphatic carbocycles. The van der Waals surface area contributed by atoms with Crippen molar-refractivity contribution in [1.82, 2.24) is 0 Å². The van der Waals surface area contributed by atoms with Crippen molar-refractivity contribution < 1.29 is 13.2 Å². The van der Waals surface area contributed by atoms with Crippen LogP contribution in [-0.2, 0) is 6.18 Å². The van der Waals surface area contributed by atoms with Gasteiger partial charge in [-0.2, -0.15) is 13.2 Å². The standard InChI is InChI=1S/C9H8ClF3S/c1-5-7(14-2)4-3-6(8(5)10)9(11,12)13/h3-4H,1-2H3. The fourth-order valence-corrected chi connectivity index (χ4v) is 2.05. The molecule has 0 unspecified atom stereocenters. The van der Waals surface area contributed by atoms with Crippen LogP contribution in [0.5, 0.6) is 0 Å². The highest BCUT2D eigenvalue weighted by atomic mass is 35.5. The fourth-order valence-electron chi connectivity index (χ4n) is 1.11. The normalized spacial score (nSPS) is 11.9. The van der Waals surface area contributed by atoms with Gasteiger partial charge in [-0.3, -0.25) is 0 Å². The van der Waals surface area contributed by atoms with Gasteiger partial charge < -0.3 is 0 Å². The molecule has 0 saturated carbocycles. The molecule has 0 aliphatic heterocycles. The Balaban J connectivity index is 3.31. The van der Waals surface area contributed by atoms with Crippen molar-refractivity contribution in [3.05, 3.63) is 28.3 Å². The Hall–Kier alpha value is -0.350. The second kappa shape index (κ2) is 4.03. The summed E-state index contributed by atoms with van der Waals surface area (Å²) in [4.78, 5) is 0.767. The minimum Gasteiger partial charge on any atom is -0.166 e. The summed E-state index contributed by atoms with van der Waals surface area (Å²) in [6.45, 7) is 1.59. The monoisotopic (exact) mass is 240 g/mol. The lowest BCUT2D eigenvalue weighted by Gasteiger charge is -2.12. The van der Waals surface area contributed by atoms with Gasteiger partial charge in [0.05, 0.1) is 10.6 Å². The van der Waals surface area contributed by atoms with Crippen LogP contribution in [-0.4, -0.2) is 6.26 Å². The van der Waals surface area contributed by atoms with E-state index in [9.17, 15) is 13.2 Å². The highest BCUT2D eigenvalue weighted by molar-refractivity contribution is 7.98. The quantitative estimate of drug-likeness (QED) is 0.656. The smallest absolute Gasteiger partial charge is 0.166 e. The van der Waals surface area contributed by atoms with E-state index in [2.05, 4.69) is 0 Å². The molecule has 0 bridgehead atoms. The van der Waals surface area contributed by atoms with Gasteiger partial charge in [-0.15, -0.1) is 11.8 Å². The zero-order valence-corrected chi connectivity index (χ0v) is 9.15. The Bertz CT molecular complexity index is 347. The second-order valence-electron chi connectivity index (χ2n) is 2.75. The van der Waals surface area contributed by atoms with Gasteiger partial charge >= 0.3 is 6.18 Å². The molecule has 1 aromatic rings. The van der Waals surface area contributed by atoms with Crippen molar-refractivity contribution in [2.45, 2.75) is 18.0 Å². The molecule has 0 spiro atoms. The number of thioether (sulfide) groups is 1. The van der Waals surface area contributed by atoms with Crippen LogP contribution in [0.4, 0.5) is 13.2 Å². The molecule has 0 aliphatic rings. The lowest BCUT2D eigenvalue weighted by atomic mass is 10.1. The molecule has 0 fully saturated rings. The van der Waals surface area contributed by atoms with E-state index >= 15 is 0 Å². The van der Waals surface area contributed by atoms with Crippen molar-refractivity contribution in [2.24, 2.45) is 0 Å². The van der Waals surface area contributed by atoms with E-state index < -0.39 is 11.7 Å². The van der Waals surface area contributed by atoms with Crippen molar-refractivity contribution in [1.29, 1.82) is 0 Å². The fraction of sp³-hybridized carbons (Fsp3) is 0.333. The maximum Gasteiger partial charge on any atom is 0.417 e. The summed E-state index contributed by atoms with van der Waals surface area (Å²) in [7, 11) is 0. The molecule has 5 heteroatoms. The summed E-state index contributed by atoms with van der Waals surface area (Å²) in [6.07, 6.45) is -2.58. The van der Waals surface area contributed by atoms with Crippen LogP contribution >= 0.6 is 23.4 Å². The highest BCUT2D eigenvalue weighted by Crippen LogP contribution is 2.38. The third kappa shape index (κ3) is 2.17. The average molecular weight is 241 g/mol. The van der Waals surface area contributed by atoms with E-state index in [1.807, 2.05) is 0 Å². The number of rotatable bonds is 1. The predicted octanol–water partition coefficient (Wildman–Crippen LogP) is 4.39. The summed E-state index contributed by atoms with van der Waals surface area (Å²) >= 11 is 7.01. The van der Waals surface area contributed by atoms with Gasteiger partial charge in [-0.1, -0.05) is 11.6 Å². The number of benzene rings is 1. The van der Waals surface area contributed by atoms with Gasteiger partial charge in [0, 0.05) is 4.90 Å². The molecule has 14 heavy (non-hydrogen) atoms. The first-order valence-corrected chi connectivity index (χ1v) is 5.38. The molecule has 0 heterocycles. The molecule has 1 aromatic carbocycles. The van der Waals surface area contributed by atoms with Crippen molar-refractivity contribution in [3.8, 4) is 0 Å². The molecule has 0 amide bonds. The lowest BCUT2D eigenvalue weighted by Crippen LogP contribution is -2.06. The first kappa shape index (κ1) is 11.7. The minimum absolute atomic E-state index is 0.204. The molecular formula is C9H8ClF3S. The van der Waals surface area contributed by atoms with Gasteiger partial charge in [-0.05, 0) is 30.9 Å². The molecule has 0 aromatic heterocycles. The van der Waals surface area contributed by atoms with E-state index in [1.165, 1.54) is 17.8 Å². The first-order valence-electron chi connectivity index (χ1n) is 3.78. The van der Waals surface area contributed by atoms with Crippen LogP contribution in [0.1, 0.15) is 11.1 Å². The molecule has 1 rings (SSSR count). The predicted molar refractivity (Wildman–Crippen MR) is 53.0 cm³/mol. The van der Waals surface area contributed by atoms with Gasteiger partial charge in [0.2, 0.25) is 0 Å². The summed E-state index contributed by atoms with van der Waals surface area (Å²) in [5.41, 5.74) is -0.288. The maximum atomic E-state index is 12.4. The summed E-state index contributed by atoms with van der Waals surface area (Å²) in [5, 5.41) is -0.204. The van der Waals surface area contributed by atoms with Crippen molar-refractivity contribution >= 4 is 23.4 Å². The third-order valence-corrected chi connectivity index (χ3v) is 3.23. The number of halogens is 4. The Kier molecular flexibility index (Phi) is 3.37. The lowest BCUT2D eigenvalue weighted by molar-refractivity contribution is -0.137. The Morgan fingerprint density at radius 2 is 1.86 bits per heavy atom. The van der Waals surface area contributed by atoms with Crippen LogP contribution in [0, 0.1) is 6.92 Å². The molecule has 78 valence electrons. The average Bonchev–Trinajstić information content (AvgIpc) is 2.07. The van der Waals surface area contributed by atoms with Crippen LogP contribution in [0.25, 0.3) is 0 Å². The summed E-state index contributed by atoms with van der Waals surface area (Å²) in [6, 6.07) is 2.45. The maximum absolute atomic E-state index is 12.4. The van der Waals surface area contributed by atoms with Gasteiger partial charge in [-0.25, -0.2) is 0 Å². The summed E-state index contributed by atoms with van der Waals surface area (Å²) in [5.74, 6) is 0.